The first kappa shape index (κ1) is 12.3. The molecule has 2 N–H and O–H groups in total. The summed E-state index contributed by atoms with van der Waals surface area (Å²) >= 11 is 0. The fourth-order valence-electron chi connectivity index (χ4n) is 1.62. The van der Waals surface area contributed by atoms with E-state index in [9.17, 15) is 4.79 Å². The van der Waals surface area contributed by atoms with Crippen molar-refractivity contribution < 1.29 is 0 Å². The molecule has 18 heavy (non-hydrogen) atoms. The van der Waals surface area contributed by atoms with Gasteiger partial charge < -0.3 is 9.88 Å². The minimum Gasteiger partial charge on any atom is -0.356 e. The first-order chi connectivity index (χ1) is 8.66. The molecule has 0 aliphatic heterocycles. The minimum atomic E-state index is -0.0837. The number of nitrogens with zero attached hydrogens (tertiary/aromatic N) is 3. The van der Waals surface area contributed by atoms with Crippen LogP contribution in [0.15, 0.2) is 23.5 Å². The SMILES string of the molecule is Cc1nc(NCCCn2ccnc2)[nH]c(=O)c1C. The number of aryl methyl sites for hydroxylation is 2. The molecule has 2 aromatic heterocycles. The summed E-state index contributed by atoms with van der Waals surface area (Å²) in [7, 11) is 0. The largest absolute Gasteiger partial charge is 0.356 e. The number of imidazole rings is 1. The van der Waals surface area contributed by atoms with Gasteiger partial charge in [0.2, 0.25) is 5.95 Å². The summed E-state index contributed by atoms with van der Waals surface area (Å²) in [5, 5.41) is 3.12. The molecule has 0 atom stereocenters. The van der Waals surface area contributed by atoms with Gasteiger partial charge >= 0.3 is 0 Å². The van der Waals surface area contributed by atoms with E-state index < -0.39 is 0 Å². The lowest BCUT2D eigenvalue weighted by Gasteiger charge is -2.07. The molecule has 6 nitrogen and oxygen atoms in total. The maximum absolute atomic E-state index is 11.5. The number of nitrogens with one attached hydrogen (secondary N) is 2. The second-order valence-electron chi connectivity index (χ2n) is 4.21. The molecular weight excluding hydrogens is 230 g/mol. The molecule has 6 heteroatoms. The number of rotatable bonds is 5. The van der Waals surface area contributed by atoms with Crippen molar-refractivity contribution >= 4 is 5.95 Å². The van der Waals surface area contributed by atoms with E-state index >= 15 is 0 Å². The number of hydrogen-bond donors (Lipinski definition) is 2. The molecule has 2 rings (SSSR count). The van der Waals surface area contributed by atoms with E-state index in [0.717, 1.165) is 25.2 Å². The molecule has 0 bridgehead atoms. The zero-order chi connectivity index (χ0) is 13.0. The molecule has 96 valence electrons. The van der Waals surface area contributed by atoms with Crippen molar-refractivity contribution in [2.75, 3.05) is 11.9 Å². The zero-order valence-corrected chi connectivity index (χ0v) is 10.6. The average Bonchev–Trinajstić information content (AvgIpc) is 2.84. The Labute approximate surface area is 105 Å². The number of hydrogen-bond acceptors (Lipinski definition) is 4. The van der Waals surface area contributed by atoms with Gasteiger partial charge in [0, 0.05) is 36.7 Å². The van der Waals surface area contributed by atoms with Crippen molar-refractivity contribution in [3.05, 3.63) is 40.3 Å². The van der Waals surface area contributed by atoms with Crippen LogP contribution in [0, 0.1) is 13.8 Å². The van der Waals surface area contributed by atoms with Crippen molar-refractivity contribution in [2.24, 2.45) is 0 Å². The predicted octanol–water partition coefficient (Wildman–Crippen LogP) is 1.09. The van der Waals surface area contributed by atoms with Gasteiger partial charge in [-0.1, -0.05) is 0 Å². The molecular formula is C12H17N5O. The molecule has 0 saturated carbocycles. The Morgan fingerprint density at radius 2 is 2.28 bits per heavy atom. The third-order valence-electron chi connectivity index (χ3n) is 2.84. The van der Waals surface area contributed by atoms with E-state index in [-0.39, 0.29) is 5.56 Å². The van der Waals surface area contributed by atoms with Crippen LogP contribution in [0.25, 0.3) is 0 Å². The molecule has 0 amide bonds. The first-order valence-corrected chi connectivity index (χ1v) is 5.94. The Morgan fingerprint density at radius 3 is 2.94 bits per heavy atom. The van der Waals surface area contributed by atoms with E-state index in [0.29, 0.717) is 11.5 Å². The number of anilines is 1. The van der Waals surface area contributed by atoms with Crippen molar-refractivity contribution in [1.82, 2.24) is 19.5 Å². The van der Waals surface area contributed by atoms with Gasteiger partial charge in [-0.3, -0.25) is 9.78 Å². The fraction of sp³-hybridized carbons (Fsp3) is 0.417. The van der Waals surface area contributed by atoms with Crippen LogP contribution < -0.4 is 10.9 Å². The Morgan fingerprint density at radius 1 is 1.44 bits per heavy atom. The molecule has 0 unspecified atom stereocenters. The maximum Gasteiger partial charge on any atom is 0.255 e. The van der Waals surface area contributed by atoms with E-state index in [1.54, 1.807) is 19.4 Å². The minimum absolute atomic E-state index is 0.0837. The topological polar surface area (TPSA) is 75.6 Å². The maximum atomic E-state index is 11.5. The summed E-state index contributed by atoms with van der Waals surface area (Å²) in [4.78, 5) is 22.5. The van der Waals surface area contributed by atoms with Gasteiger partial charge in [0.25, 0.3) is 5.56 Å². The number of aromatic nitrogens is 4. The molecule has 0 aliphatic carbocycles. The highest BCUT2D eigenvalue weighted by Crippen LogP contribution is 2.01. The summed E-state index contributed by atoms with van der Waals surface area (Å²) in [6, 6.07) is 0. The van der Waals surface area contributed by atoms with Gasteiger partial charge in [-0.15, -0.1) is 0 Å². The third-order valence-corrected chi connectivity index (χ3v) is 2.84. The van der Waals surface area contributed by atoms with Gasteiger partial charge in [-0.2, -0.15) is 0 Å². The number of aromatic amines is 1. The van der Waals surface area contributed by atoms with Crippen molar-refractivity contribution in [2.45, 2.75) is 26.8 Å². The second-order valence-corrected chi connectivity index (χ2v) is 4.21. The summed E-state index contributed by atoms with van der Waals surface area (Å²) in [5.74, 6) is 0.536. The molecule has 2 aromatic rings. The summed E-state index contributed by atoms with van der Waals surface area (Å²) in [6.07, 6.45) is 6.41. The third kappa shape index (κ3) is 2.97. The molecule has 0 fully saturated rings. The van der Waals surface area contributed by atoms with E-state index in [1.165, 1.54) is 0 Å². The monoisotopic (exact) mass is 247 g/mol. The lowest BCUT2D eigenvalue weighted by atomic mass is 10.3. The van der Waals surface area contributed by atoms with E-state index in [1.807, 2.05) is 17.7 Å². The van der Waals surface area contributed by atoms with Crippen LogP contribution in [-0.2, 0) is 6.54 Å². The molecule has 0 spiro atoms. The van der Waals surface area contributed by atoms with Gasteiger partial charge in [-0.05, 0) is 20.3 Å². The number of H-pyrrole nitrogens is 1. The highest BCUT2D eigenvalue weighted by Gasteiger charge is 2.02. The van der Waals surface area contributed by atoms with Crippen LogP contribution in [0.1, 0.15) is 17.7 Å². The predicted molar refractivity (Wildman–Crippen MR) is 69.7 cm³/mol. The molecule has 0 radical (unpaired) electrons. The Bertz CT molecular complexity index is 558. The highest BCUT2D eigenvalue weighted by molar-refractivity contribution is 5.28. The van der Waals surface area contributed by atoms with Gasteiger partial charge in [0.1, 0.15) is 0 Å². The van der Waals surface area contributed by atoms with Crippen molar-refractivity contribution in [3.63, 3.8) is 0 Å². The fourth-order valence-corrected chi connectivity index (χ4v) is 1.62. The second kappa shape index (κ2) is 5.48. The lowest BCUT2D eigenvalue weighted by Crippen LogP contribution is -2.17. The van der Waals surface area contributed by atoms with Crippen molar-refractivity contribution in [3.8, 4) is 0 Å². The van der Waals surface area contributed by atoms with Crippen LogP contribution in [0.3, 0.4) is 0 Å². The Hall–Kier alpha value is -2.11. The summed E-state index contributed by atoms with van der Waals surface area (Å²) < 4.78 is 2.01. The van der Waals surface area contributed by atoms with Crippen LogP contribution in [0.4, 0.5) is 5.95 Å². The van der Waals surface area contributed by atoms with Crippen LogP contribution in [-0.4, -0.2) is 26.1 Å². The zero-order valence-electron chi connectivity index (χ0n) is 10.6. The van der Waals surface area contributed by atoms with Crippen molar-refractivity contribution in [1.29, 1.82) is 0 Å². The van der Waals surface area contributed by atoms with E-state index in [4.69, 9.17) is 0 Å². The molecule has 0 aromatic carbocycles. The Kier molecular flexibility index (Phi) is 3.76. The molecule has 2 heterocycles. The lowest BCUT2D eigenvalue weighted by molar-refractivity contribution is 0.659. The van der Waals surface area contributed by atoms with Crippen LogP contribution >= 0.6 is 0 Å². The standard InChI is InChI=1S/C12H17N5O/c1-9-10(2)15-12(16-11(9)18)14-4-3-6-17-7-5-13-8-17/h5,7-8H,3-4,6H2,1-2H3,(H2,14,15,16,18). The van der Waals surface area contributed by atoms with Gasteiger partial charge in [-0.25, -0.2) is 9.97 Å². The summed E-state index contributed by atoms with van der Waals surface area (Å²) in [6.45, 7) is 5.25. The smallest absolute Gasteiger partial charge is 0.255 e. The highest BCUT2D eigenvalue weighted by atomic mass is 16.1. The first-order valence-electron chi connectivity index (χ1n) is 5.94. The quantitative estimate of drug-likeness (QED) is 0.775. The normalized spacial score (nSPS) is 10.6. The van der Waals surface area contributed by atoms with E-state index in [2.05, 4.69) is 20.3 Å². The van der Waals surface area contributed by atoms with Crippen LogP contribution in [0.2, 0.25) is 0 Å². The molecule has 0 aliphatic rings. The van der Waals surface area contributed by atoms with Gasteiger partial charge in [0.15, 0.2) is 0 Å². The Balaban J connectivity index is 1.85. The van der Waals surface area contributed by atoms with Crippen LogP contribution in [0.5, 0.6) is 0 Å². The summed E-state index contributed by atoms with van der Waals surface area (Å²) in [5.41, 5.74) is 1.34. The average molecular weight is 247 g/mol. The molecule has 0 saturated heterocycles. The van der Waals surface area contributed by atoms with Gasteiger partial charge in [0.05, 0.1) is 6.33 Å².